The van der Waals surface area contributed by atoms with E-state index >= 15 is 0 Å². The lowest BCUT2D eigenvalue weighted by molar-refractivity contribution is -0.140. The molecule has 2 saturated heterocycles. The summed E-state index contributed by atoms with van der Waals surface area (Å²) in [6.07, 6.45) is 0. The van der Waals surface area contributed by atoms with Crippen molar-refractivity contribution in [2.24, 2.45) is 11.8 Å². The molecular weight excluding hydrogens is 316 g/mol. The standard InChI is InChI=1S/C17H19F2N3O2/c1-11-9-22(16-14(18)6-12(8-20)7-15(16)19)10-13(11)17(23)21-2-4-24-5-3-21/h6-7,11,13H,2-5,9-10H2,1H3/t11-,13-/m1/s1. The number of ether oxygens (including phenoxy) is 1. The highest BCUT2D eigenvalue weighted by Gasteiger charge is 2.39. The van der Waals surface area contributed by atoms with Crippen LogP contribution < -0.4 is 4.90 Å². The molecule has 0 aromatic heterocycles. The van der Waals surface area contributed by atoms with E-state index in [2.05, 4.69) is 0 Å². The van der Waals surface area contributed by atoms with Crippen molar-refractivity contribution in [3.63, 3.8) is 0 Å². The molecule has 7 heteroatoms. The fourth-order valence-electron chi connectivity index (χ4n) is 3.42. The first kappa shape index (κ1) is 16.7. The summed E-state index contributed by atoms with van der Waals surface area (Å²) >= 11 is 0. The van der Waals surface area contributed by atoms with E-state index in [0.29, 0.717) is 32.8 Å². The zero-order valence-electron chi connectivity index (χ0n) is 13.5. The highest BCUT2D eigenvalue weighted by Crippen LogP contribution is 2.33. The van der Waals surface area contributed by atoms with Crippen LogP contribution in [0, 0.1) is 34.8 Å². The van der Waals surface area contributed by atoms with Crippen molar-refractivity contribution in [1.82, 2.24) is 4.90 Å². The summed E-state index contributed by atoms with van der Waals surface area (Å²) in [5.41, 5.74) is -0.208. The number of carbonyl (C=O) groups is 1. The second-order valence-electron chi connectivity index (χ2n) is 6.33. The van der Waals surface area contributed by atoms with Crippen LogP contribution >= 0.6 is 0 Å². The molecule has 0 bridgehead atoms. The summed E-state index contributed by atoms with van der Waals surface area (Å²) in [5.74, 6) is -1.81. The topological polar surface area (TPSA) is 56.6 Å². The van der Waals surface area contributed by atoms with Gasteiger partial charge in [0.25, 0.3) is 0 Å². The molecule has 0 saturated carbocycles. The van der Waals surface area contributed by atoms with E-state index in [-0.39, 0.29) is 35.5 Å². The molecule has 1 amide bonds. The van der Waals surface area contributed by atoms with E-state index in [1.807, 2.05) is 6.92 Å². The van der Waals surface area contributed by atoms with Gasteiger partial charge in [0.2, 0.25) is 5.91 Å². The molecule has 0 aliphatic carbocycles. The summed E-state index contributed by atoms with van der Waals surface area (Å²) in [7, 11) is 0. The number of nitrogens with zero attached hydrogens (tertiary/aromatic N) is 3. The molecule has 5 nitrogen and oxygen atoms in total. The highest BCUT2D eigenvalue weighted by atomic mass is 19.1. The largest absolute Gasteiger partial charge is 0.378 e. The Hall–Kier alpha value is -2.20. The summed E-state index contributed by atoms with van der Waals surface area (Å²) in [6.45, 7) is 4.76. The van der Waals surface area contributed by atoms with Crippen LogP contribution in [0.2, 0.25) is 0 Å². The van der Waals surface area contributed by atoms with Crippen LogP contribution in [0.25, 0.3) is 0 Å². The summed E-state index contributed by atoms with van der Waals surface area (Å²) < 4.78 is 33.7. The second-order valence-corrected chi connectivity index (χ2v) is 6.33. The Morgan fingerprint density at radius 3 is 2.46 bits per heavy atom. The maximum absolute atomic E-state index is 14.2. The number of hydrogen-bond donors (Lipinski definition) is 0. The average Bonchev–Trinajstić information content (AvgIpc) is 2.95. The average molecular weight is 335 g/mol. The Labute approximate surface area is 139 Å². The van der Waals surface area contributed by atoms with Gasteiger partial charge in [0.1, 0.15) is 5.69 Å². The molecule has 3 rings (SSSR count). The number of morpholine rings is 1. The maximum Gasteiger partial charge on any atom is 0.227 e. The molecule has 0 radical (unpaired) electrons. The Balaban J connectivity index is 1.79. The quantitative estimate of drug-likeness (QED) is 0.826. The zero-order valence-corrected chi connectivity index (χ0v) is 13.5. The third kappa shape index (κ3) is 3.06. The van der Waals surface area contributed by atoms with Crippen molar-refractivity contribution in [2.75, 3.05) is 44.3 Å². The van der Waals surface area contributed by atoms with Crippen molar-refractivity contribution in [3.05, 3.63) is 29.3 Å². The Morgan fingerprint density at radius 1 is 1.25 bits per heavy atom. The number of halogens is 2. The van der Waals surface area contributed by atoms with E-state index < -0.39 is 11.6 Å². The normalized spacial score (nSPS) is 24.1. The van der Waals surface area contributed by atoms with Crippen LogP contribution in [0.3, 0.4) is 0 Å². The SMILES string of the molecule is C[C@@H]1CN(c2c(F)cc(C#N)cc2F)C[C@H]1C(=O)N1CCOCC1. The van der Waals surface area contributed by atoms with Crippen LogP contribution in [-0.4, -0.2) is 50.2 Å². The lowest BCUT2D eigenvalue weighted by Gasteiger charge is -2.30. The van der Waals surface area contributed by atoms with Crippen LogP contribution in [0.4, 0.5) is 14.5 Å². The minimum absolute atomic E-state index is 0.00483. The lowest BCUT2D eigenvalue weighted by Crippen LogP contribution is -2.45. The van der Waals surface area contributed by atoms with Gasteiger partial charge in [-0.05, 0) is 18.1 Å². The lowest BCUT2D eigenvalue weighted by atomic mass is 9.96. The molecule has 2 aliphatic heterocycles. The third-order valence-corrected chi connectivity index (χ3v) is 4.71. The molecule has 0 spiro atoms. The predicted octanol–water partition coefficient (Wildman–Crippen LogP) is 1.77. The van der Waals surface area contributed by atoms with Crippen molar-refractivity contribution in [1.29, 1.82) is 5.26 Å². The Kier molecular flexibility index (Phi) is 4.67. The van der Waals surface area contributed by atoms with E-state index in [0.717, 1.165) is 12.1 Å². The van der Waals surface area contributed by atoms with Crippen molar-refractivity contribution in [3.8, 4) is 6.07 Å². The van der Waals surface area contributed by atoms with Gasteiger partial charge in [0, 0.05) is 26.2 Å². The van der Waals surface area contributed by atoms with Gasteiger partial charge in [0.05, 0.1) is 30.8 Å². The number of rotatable bonds is 2. The van der Waals surface area contributed by atoms with Crippen molar-refractivity contribution >= 4 is 11.6 Å². The number of anilines is 1. The summed E-state index contributed by atoms with van der Waals surface area (Å²) in [6, 6.07) is 3.79. The van der Waals surface area contributed by atoms with Crippen LogP contribution in [0.1, 0.15) is 12.5 Å². The molecule has 2 heterocycles. The summed E-state index contributed by atoms with van der Waals surface area (Å²) in [5, 5.41) is 8.79. The van der Waals surface area contributed by atoms with Gasteiger partial charge in [-0.3, -0.25) is 4.79 Å². The second kappa shape index (κ2) is 6.73. The molecule has 2 fully saturated rings. The molecule has 1 aromatic carbocycles. The molecule has 1 aromatic rings. The van der Waals surface area contributed by atoms with E-state index in [1.54, 1.807) is 15.9 Å². The van der Waals surface area contributed by atoms with Crippen LogP contribution in [0.15, 0.2) is 12.1 Å². The molecule has 2 aliphatic rings. The maximum atomic E-state index is 14.2. The van der Waals surface area contributed by atoms with Crippen molar-refractivity contribution < 1.29 is 18.3 Å². The minimum atomic E-state index is -0.766. The van der Waals surface area contributed by atoms with E-state index in [4.69, 9.17) is 10.00 Å². The molecule has 24 heavy (non-hydrogen) atoms. The Bertz CT molecular complexity index is 660. The molecule has 0 N–H and O–H groups in total. The fraction of sp³-hybridized carbons (Fsp3) is 0.529. The number of carbonyl (C=O) groups excluding carboxylic acids is 1. The zero-order chi connectivity index (χ0) is 17.3. The van der Waals surface area contributed by atoms with Gasteiger partial charge in [-0.25, -0.2) is 8.78 Å². The van der Waals surface area contributed by atoms with Crippen LogP contribution in [0.5, 0.6) is 0 Å². The third-order valence-electron chi connectivity index (χ3n) is 4.71. The number of hydrogen-bond acceptors (Lipinski definition) is 4. The first-order chi connectivity index (χ1) is 11.5. The molecule has 128 valence electrons. The van der Waals surface area contributed by atoms with Gasteiger partial charge in [0.15, 0.2) is 11.6 Å². The first-order valence-electron chi connectivity index (χ1n) is 8.02. The highest BCUT2D eigenvalue weighted by molar-refractivity contribution is 5.81. The van der Waals surface area contributed by atoms with E-state index in [1.165, 1.54) is 0 Å². The van der Waals surface area contributed by atoms with Crippen molar-refractivity contribution in [2.45, 2.75) is 6.92 Å². The molecule has 2 atom stereocenters. The number of nitriles is 1. The molecule has 0 unspecified atom stereocenters. The Morgan fingerprint density at radius 2 is 1.88 bits per heavy atom. The van der Waals surface area contributed by atoms with Gasteiger partial charge in [-0.1, -0.05) is 6.92 Å². The van der Waals surface area contributed by atoms with Crippen LogP contribution in [-0.2, 0) is 9.53 Å². The number of benzene rings is 1. The number of amides is 1. The van der Waals surface area contributed by atoms with Gasteiger partial charge in [-0.15, -0.1) is 0 Å². The minimum Gasteiger partial charge on any atom is -0.378 e. The fourth-order valence-corrected chi connectivity index (χ4v) is 3.42. The monoisotopic (exact) mass is 335 g/mol. The van der Waals surface area contributed by atoms with Gasteiger partial charge in [-0.2, -0.15) is 5.26 Å². The first-order valence-corrected chi connectivity index (χ1v) is 8.02. The van der Waals surface area contributed by atoms with Gasteiger partial charge < -0.3 is 14.5 Å². The summed E-state index contributed by atoms with van der Waals surface area (Å²) in [4.78, 5) is 16.0. The van der Waals surface area contributed by atoms with Gasteiger partial charge >= 0.3 is 0 Å². The smallest absolute Gasteiger partial charge is 0.227 e. The molecular formula is C17H19F2N3O2. The van der Waals surface area contributed by atoms with E-state index in [9.17, 15) is 13.6 Å². The predicted molar refractivity (Wildman–Crippen MR) is 83.3 cm³/mol.